The summed E-state index contributed by atoms with van der Waals surface area (Å²) < 4.78 is 5.40. The summed E-state index contributed by atoms with van der Waals surface area (Å²) in [7, 11) is 0. The van der Waals surface area contributed by atoms with E-state index in [1.54, 1.807) is 72.8 Å². The molecule has 7 heteroatoms. The van der Waals surface area contributed by atoms with Crippen molar-refractivity contribution in [3.8, 4) is 5.75 Å². The maximum atomic E-state index is 12.5. The summed E-state index contributed by atoms with van der Waals surface area (Å²) in [4.78, 5) is 38.3. The number of nitrogens with zero attached hydrogens (tertiary/aromatic N) is 1. The number of rotatable bonds is 5. The van der Waals surface area contributed by atoms with Gasteiger partial charge < -0.3 is 10.1 Å². The van der Waals surface area contributed by atoms with Gasteiger partial charge in [-0.25, -0.2) is 4.90 Å². The minimum absolute atomic E-state index is 0.204. The van der Waals surface area contributed by atoms with E-state index in [1.165, 1.54) is 0 Å². The van der Waals surface area contributed by atoms with E-state index in [0.29, 0.717) is 33.3 Å². The minimum atomic E-state index is -0.365. The molecule has 0 saturated carbocycles. The van der Waals surface area contributed by atoms with E-state index >= 15 is 0 Å². The molecule has 0 fully saturated rings. The van der Waals surface area contributed by atoms with Crippen LogP contribution < -0.4 is 15.0 Å². The molecule has 3 aromatic rings. The zero-order valence-corrected chi connectivity index (χ0v) is 15.8. The van der Waals surface area contributed by atoms with Crippen LogP contribution >= 0.6 is 11.6 Å². The van der Waals surface area contributed by atoms with E-state index in [9.17, 15) is 14.4 Å². The van der Waals surface area contributed by atoms with Crippen molar-refractivity contribution in [3.05, 3.63) is 88.9 Å². The Morgan fingerprint density at radius 2 is 1.45 bits per heavy atom. The number of para-hydroxylation sites is 1. The van der Waals surface area contributed by atoms with Gasteiger partial charge in [-0.3, -0.25) is 14.4 Å². The number of carbonyl (C=O) groups excluding carboxylic acids is 3. The number of anilines is 2. The van der Waals surface area contributed by atoms with Gasteiger partial charge in [0.2, 0.25) is 0 Å². The third-order valence-electron chi connectivity index (χ3n) is 4.40. The Kier molecular flexibility index (Phi) is 5.01. The molecule has 1 heterocycles. The Morgan fingerprint density at radius 3 is 2.07 bits per heavy atom. The summed E-state index contributed by atoms with van der Waals surface area (Å²) in [5.74, 6) is -0.672. The van der Waals surface area contributed by atoms with Crippen LogP contribution in [0, 0.1) is 0 Å². The number of nitrogens with one attached hydrogen (secondary N) is 1. The quantitative estimate of drug-likeness (QED) is 0.645. The fraction of sp³-hybridized carbons (Fsp3) is 0.0455. The molecule has 29 heavy (non-hydrogen) atoms. The van der Waals surface area contributed by atoms with Crippen LogP contribution in [0.2, 0.25) is 5.02 Å². The molecule has 4 rings (SSSR count). The smallest absolute Gasteiger partial charge is 0.266 e. The van der Waals surface area contributed by atoms with Crippen LogP contribution in [-0.4, -0.2) is 24.3 Å². The maximum absolute atomic E-state index is 12.5. The van der Waals surface area contributed by atoms with Crippen molar-refractivity contribution in [3.63, 3.8) is 0 Å². The topological polar surface area (TPSA) is 75.7 Å². The van der Waals surface area contributed by atoms with E-state index in [0.717, 1.165) is 4.90 Å². The van der Waals surface area contributed by atoms with Crippen LogP contribution in [-0.2, 0) is 4.79 Å². The number of benzene rings is 3. The average Bonchev–Trinajstić information content (AvgIpc) is 2.99. The largest absolute Gasteiger partial charge is 0.482 e. The van der Waals surface area contributed by atoms with E-state index in [1.807, 2.05) is 0 Å². The van der Waals surface area contributed by atoms with Crippen LogP contribution in [0.5, 0.6) is 5.75 Å². The van der Waals surface area contributed by atoms with Crippen molar-refractivity contribution in [2.24, 2.45) is 0 Å². The normalized spacial score (nSPS) is 12.7. The zero-order valence-electron chi connectivity index (χ0n) is 15.1. The SMILES string of the molecule is O=C(COc1ccccc1Cl)Nc1ccc(N2C(=O)c3ccccc3C2=O)cc1. The lowest BCUT2D eigenvalue weighted by molar-refractivity contribution is -0.118. The maximum Gasteiger partial charge on any atom is 0.266 e. The number of fused-ring (bicyclic) bond motifs is 1. The standard InChI is InChI=1S/C22H15ClN2O4/c23-18-7-3-4-8-19(18)29-13-20(26)24-14-9-11-15(12-10-14)25-21(27)16-5-1-2-6-17(16)22(25)28/h1-12H,13H2,(H,24,26). The number of hydrogen-bond donors (Lipinski definition) is 1. The van der Waals surface area contributed by atoms with Gasteiger partial charge in [0.25, 0.3) is 17.7 Å². The summed E-state index contributed by atoms with van der Waals surface area (Å²) in [6.07, 6.45) is 0. The first-order valence-electron chi connectivity index (χ1n) is 8.79. The molecule has 0 unspecified atom stereocenters. The summed E-state index contributed by atoms with van der Waals surface area (Å²) >= 11 is 5.99. The zero-order chi connectivity index (χ0) is 20.4. The molecule has 3 aromatic carbocycles. The number of hydrogen-bond acceptors (Lipinski definition) is 4. The van der Waals surface area contributed by atoms with Crippen LogP contribution in [0.4, 0.5) is 11.4 Å². The highest BCUT2D eigenvalue weighted by molar-refractivity contribution is 6.34. The molecule has 144 valence electrons. The molecule has 1 aliphatic rings. The molecule has 3 amide bonds. The second kappa shape index (κ2) is 7.77. The molecule has 1 N–H and O–H groups in total. The number of halogens is 1. The van der Waals surface area contributed by atoms with Crippen molar-refractivity contribution in [1.82, 2.24) is 0 Å². The first kappa shape index (κ1) is 18.7. The Labute approximate surface area is 171 Å². The lowest BCUT2D eigenvalue weighted by Gasteiger charge is -2.14. The van der Waals surface area contributed by atoms with E-state index in [2.05, 4.69) is 5.32 Å². The molecular weight excluding hydrogens is 392 g/mol. The Bertz CT molecular complexity index is 1080. The Balaban J connectivity index is 1.41. The van der Waals surface area contributed by atoms with Crippen LogP contribution in [0.1, 0.15) is 20.7 Å². The van der Waals surface area contributed by atoms with Gasteiger partial charge in [0, 0.05) is 5.69 Å². The first-order chi connectivity index (χ1) is 14.0. The molecule has 0 spiro atoms. The van der Waals surface area contributed by atoms with Gasteiger partial charge in [0.15, 0.2) is 6.61 Å². The van der Waals surface area contributed by atoms with E-state index < -0.39 is 0 Å². The Hall–Kier alpha value is -3.64. The number of amides is 3. The highest BCUT2D eigenvalue weighted by Crippen LogP contribution is 2.29. The van der Waals surface area contributed by atoms with Crippen molar-refractivity contribution in [2.45, 2.75) is 0 Å². The average molecular weight is 407 g/mol. The van der Waals surface area contributed by atoms with Crippen molar-refractivity contribution in [1.29, 1.82) is 0 Å². The van der Waals surface area contributed by atoms with Crippen molar-refractivity contribution >= 4 is 40.7 Å². The molecule has 0 bridgehead atoms. The third kappa shape index (κ3) is 3.70. The number of carbonyl (C=O) groups is 3. The number of ether oxygens (including phenoxy) is 1. The summed E-state index contributed by atoms with van der Waals surface area (Å²) in [5, 5.41) is 3.12. The van der Waals surface area contributed by atoms with Crippen LogP contribution in [0.15, 0.2) is 72.8 Å². The highest BCUT2D eigenvalue weighted by atomic mass is 35.5. The van der Waals surface area contributed by atoms with Gasteiger partial charge >= 0.3 is 0 Å². The van der Waals surface area contributed by atoms with Gasteiger partial charge in [-0.15, -0.1) is 0 Å². The van der Waals surface area contributed by atoms with Gasteiger partial charge in [-0.1, -0.05) is 35.9 Å². The Morgan fingerprint density at radius 1 is 0.862 bits per heavy atom. The molecule has 6 nitrogen and oxygen atoms in total. The molecule has 0 aliphatic carbocycles. The molecule has 0 saturated heterocycles. The fourth-order valence-corrected chi connectivity index (χ4v) is 3.21. The fourth-order valence-electron chi connectivity index (χ4n) is 3.02. The van der Waals surface area contributed by atoms with Crippen molar-refractivity contribution in [2.75, 3.05) is 16.8 Å². The second-order valence-electron chi connectivity index (χ2n) is 6.31. The van der Waals surface area contributed by atoms with Crippen LogP contribution in [0.3, 0.4) is 0 Å². The van der Waals surface area contributed by atoms with Gasteiger partial charge in [0.1, 0.15) is 5.75 Å². The van der Waals surface area contributed by atoms with E-state index in [4.69, 9.17) is 16.3 Å². The van der Waals surface area contributed by atoms with Crippen molar-refractivity contribution < 1.29 is 19.1 Å². The first-order valence-corrected chi connectivity index (χ1v) is 9.17. The molecule has 0 atom stereocenters. The minimum Gasteiger partial charge on any atom is -0.482 e. The monoisotopic (exact) mass is 406 g/mol. The molecule has 0 radical (unpaired) electrons. The lowest BCUT2D eigenvalue weighted by atomic mass is 10.1. The molecule has 0 aromatic heterocycles. The highest BCUT2D eigenvalue weighted by Gasteiger charge is 2.36. The van der Waals surface area contributed by atoms with Gasteiger partial charge in [-0.05, 0) is 48.5 Å². The lowest BCUT2D eigenvalue weighted by Crippen LogP contribution is -2.29. The predicted octanol–water partition coefficient (Wildman–Crippen LogP) is 4.16. The second-order valence-corrected chi connectivity index (χ2v) is 6.71. The summed E-state index contributed by atoms with van der Waals surface area (Å²) in [6.45, 7) is -0.204. The third-order valence-corrected chi connectivity index (χ3v) is 4.71. The molecule has 1 aliphatic heterocycles. The van der Waals surface area contributed by atoms with E-state index in [-0.39, 0.29) is 24.3 Å². The van der Waals surface area contributed by atoms with Gasteiger partial charge in [-0.2, -0.15) is 0 Å². The van der Waals surface area contributed by atoms with Gasteiger partial charge in [0.05, 0.1) is 21.8 Å². The number of imide groups is 1. The molecular formula is C22H15ClN2O4. The predicted molar refractivity (Wildman–Crippen MR) is 110 cm³/mol. The summed E-state index contributed by atoms with van der Waals surface area (Å²) in [6, 6.07) is 20.0. The summed E-state index contributed by atoms with van der Waals surface area (Å²) in [5.41, 5.74) is 1.71. The van der Waals surface area contributed by atoms with Crippen LogP contribution in [0.25, 0.3) is 0 Å².